The summed E-state index contributed by atoms with van der Waals surface area (Å²) in [6.07, 6.45) is 7.54. The summed E-state index contributed by atoms with van der Waals surface area (Å²) in [7, 11) is 0. The lowest BCUT2D eigenvalue weighted by atomic mass is 10.2. The molecule has 3 aromatic rings. The Morgan fingerprint density at radius 2 is 2.14 bits per heavy atom. The third kappa shape index (κ3) is 3.89. The smallest absolute Gasteiger partial charge is 0.167 e. The predicted octanol–water partition coefficient (Wildman–Crippen LogP) is 5.08. The molecule has 28 heavy (non-hydrogen) atoms. The quantitative estimate of drug-likeness (QED) is 0.564. The Hall–Kier alpha value is -3.59. The van der Waals surface area contributed by atoms with Crippen molar-refractivity contribution < 1.29 is 13.9 Å². The number of hydrogen-bond donors (Lipinski definition) is 0. The summed E-state index contributed by atoms with van der Waals surface area (Å²) >= 11 is 0. The van der Waals surface area contributed by atoms with E-state index in [0.29, 0.717) is 17.4 Å². The molecule has 0 unspecified atom stereocenters. The maximum atomic E-state index is 13.9. The Morgan fingerprint density at radius 1 is 1.29 bits per heavy atom. The van der Waals surface area contributed by atoms with Crippen molar-refractivity contribution in [1.29, 1.82) is 5.26 Å². The SMILES string of the molecule is C/C(=C\Oc1cccc(-n2ccnc2C2CC2)c1)Oc1ccc(C#N)cc1F. The molecule has 1 heterocycles. The predicted molar refractivity (Wildman–Crippen MR) is 102 cm³/mol. The Labute approximate surface area is 162 Å². The largest absolute Gasteiger partial charge is 0.461 e. The Kier molecular flexibility index (Phi) is 4.81. The van der Waals surface area contributed by atoms with Gasteiger partial charge in [0, 0.05) is 24.4 Å². The Bertz CT molecular complexity index is 1080. The number of halogens is 1. The Balaban J connectivity index is 1.47. The van der Waals surface area contributed by atoms with Crippen LogP contribution >= 0.6 is 0 Å². The lowest BCUT2D eigenvalue weighted by Gasteiger charge is -2.10. The zero-order chi connectivity index (χ0) is 19.5. The number of imidazole rings is 1. The lowest BCUT2D eigenvalue weighted by molar-refractivity contribution is 0.365. The number of nitrogens with zero attached hydrogens (tertiary/aromatic N) is 3. The van der Waals surface area contributed by atoms with E-state index in [4.69, 9.17) is 14.7 Å². The van der Waals surface area contributed by atoms with Crippen LogP contribution in [0, 0.1) is 17.1 Å². The number of benzene rings is 2. The number of nitriles is 1. The molecule has 6 heteroatoms. The molecule has 140 valence electrons. The van der Waals surface area contributed by atoms with Gasteiger partial charge in [0.15, 0.2) is 11.6 Å². The second kappa shape index (κ2) is 7.57. The molecule has 0 aliphatic heterocycles. The summed E-state index contributed by atoms with van der Waals surface area (Å²) < 4.78 is 27.1. The summed E-state index contributed by atoms with van der Waals surface area (Å²) in [6.45, 7) is 1.67. The number of aromatic nitrogens is 2. The monoisotopic (exact) mass is 375 g/mol. The molecule has 4 rings (SSSR count). The van der Waals surface area contributed by atoms with Gasteiger partial charge in [0.2, 0.25) is 0 Å². The van der Waals surface area contributed by atoms with Crippen LogP contribution in [0.25, 0.3) is 5.69 Å². The molecule has 0 saturated heterocycles. The molecule has 1 aliphatic carbocycles. The first-order chi connectivity index (χ1) is 13.6. The molecule has 2 aromatic carbocycles. The van der Waals surface area contributed by atoms with E-state index in [1.165, 1.54) is 31.2 Å². The fourth-order valence-electron chi connectivity index (χ4n) is 2.89. The van der Waals surface area contributed by atoms with E-state index < -0.39 is 5.82 Å². The minimum Gasteiger partial charge on any atom is -0.461 e. The van der Waals surface area contributed by atoms with E-state index in [-0.39, 0.29) is 11.3 Å². The van der Waals surface area contributed by atoms with Gasteiger partial charge in [-0.05, 0) is 50.1 Å². The fraction of sp³-hybridized carbons (Fsp3) is 0.182. The van der Waals surface area contributed by atoms with Crippen LogP contribution in [0.5, 0.6) is 11.5 Å². The summed E-state index contributed by atoms with van der Waals surface area (Å²) in [6, 6.07) is 13.6. The highest BCUT2D eigenvalue weighted by atomic mass is 19.1. The van der Waals surface area contributed by atoms with Crippen LogP contribution in [0.2, 0.25) is 0 Å². The van der Waals surface area contributed by atoms with Crippen molar-refractivity contribution >= 4 is 0 Å². The summed E-state index contributed by atoms with van der Waals surface area (Å²) in [5.74, 6) is 2.08. The van der Waals surface area contributed by atoms with Gasteiger partial charge < -0.3 is 14.0 Å². The Morgan fingerprint density at radius 3 is 2.89 bits per heavy atom. The zero-order valence-corrected chi connectivity index (χ0v) is 15.3. The van der Waals surface area contributed by atoms with Gasteiger partial charge in [-0.15, -0.1) is 0 Å². The first-order valence-electron chi connectivity index (χ1n) is 8.98. The van der Waals surface area contributed by atoms with Crippen LogP contribution in [0.4, 0.5) is 4.39 Å². The number of hydrogen-bond acceptors (Lipinski definition) is 4. The number of rotatable bonds is 6. The maximum Gasteiger partial charge on any atom is 0.167 e. The molecule has 1 fully saturated rings. The highest BCUT2D eigenvalue weighted by Crippen LogP contribution is 2.40. The molecule has 0 atom stereocenters. The topological polar surface area (TPSA) is 60.1 Å². The fourth-order valence-corrected chi connectivity index (χ4v) is 2.89. The van der Waals surface area contributed by atoms with Gasteiger partial charge in [0.05, 0.1) is 17.3 Å². The van der Waals surface area contributed by atoms with Gasteiger partial charge in [-0.3, -0.25) is 0 Å². The van der Waals surface area contributed by atoms with E-state index in [0.717, 1.165) is 17.6 Å². The summed E-state index contributed by atoms with van der Waals surface area (Å²) in [5, 5.41) is 8.79. The molecular weight excluding hydrogens is 357 g/mol. The van der Waals surface area contributed by atoms with Crippen LogP contribution in [0.15, 0.2) is 66.9 Å². The van der Waals surface area contributed by atoms with Crippen molar-refractivity contribution in [3.05, 3.63) is 84.1 Å². The van der Waals surface area contributed by atoms with Crippen LogP contribution in [0.3, 0.4) is 0 Å². The number of allylic oxidation sites excluding steroid dienone is 1. The van der Waals surface area contributed by atoms with Crippen LogP contribution in [-0.2, 0) is 0 Å². The van der Waals surface area contributed by atoms with Crippen LogP contribution < -0.4 is 9.47 Å². The van der Waals surface area contributed by atoms with E-state index >= 15 is 0 Å². The normalized spacial score (nSPS) is 13.8. The molecule has 1 aromatic heterocycles. The maximum absolute atomic E-state index is 13.9. The summed E-state index contributed by atoms with van der Waals surface area (Å²) in [4.78, 5) is 4.46. The highest BCUT2D eigenvalue weighted by Gasteiger charge is 2.28. The van der Waals surface area contributed by atoms with Gasteiger partial charge in [-0.2, -0.15) is 5.26 Å². The molecular formula is C22H18FN3O2. The van der Waals surface area contributed by atoms with Crippen molar-refractivity contribution in [3.8, 4) is 23.3 Å². The molecule has 1 aliphatic rings. The second-order valence-corrected chi connectivity index (χ2v) is 6.63. The number of ether oxygens (including phenoxy) is 2. The third-order valence-corrected chi connectivity index (χ3v) is 4.40. The van der Waals surface area contributed by atoms with E-state index in [9.17, 15) is 4.39 Å². The summed E-state index contributed by atoms with van der Waals surface area (Å²) in [5.41, 5.74) is 1.21. The lowest BCUT2D eigenvalue weighted by Crippen LogP contribution is -1.99. The molecule has 0 N–H and O–H groups in total. The third-order valence-electron chi connectivity index (χ3n) is 4.40. The molecule has 1 saturated carbocycles. The van der Waals surface area contributed by atoms with Crippen LogP contribution in [-0.4, -0.2) is 9.55 Å². The average Bonchev–Trinajstić information content (AvgIpc) is 3.44. The van der Waals surface area contributed by atoms with E-state index in [2.05, 4.69) is 9.55 Å². The van der Waals surface area contributed by atoms with Gasteiger partial charge in [-0.25, -0.2) is 9.37 Å². The van der Waals surface area contributed by atoms with E-state index in [1.807, 2.05) is 42.7 Å². The minimum atomic E-state index is -0.596. The van der Waals surface area contributed by atoms with Crippen molar-refractivity contribution in [2.24, 2.45) is 0 Å². The van der Waals surface area contributed by atoms with Crippen molar-refractivity contribution in [1.82, 2.24) is 9.55 Å². The van der Waals surface area contributed by atoms with Gasteiger partial charge >= 0.3 is 0 Å². The van der Waals surface area contributed by atoms with Crippen molar-refractivity contribution in [2.45, 2.75) is 25.7 Å². The minimum absolute atomic E-state index is 0.0394. The van der Waals surface area contributed by atoms with Gasteiger partial charge in [-0.1, -0.05) is 6.07 Å². The van der Waals surface area contributed by atoms with E-state index in [1.54, 1.807) is 6.92 Å². The van der Waals surface area contributed by atoms with Crippen LogP contribution in [0.1, 0.15) is 37.1 Å². The highest BCUT2D eigenvalue weighted by molar-refractivity contribution is 5.41. The molecule has 5 nitrogen and oxygen atoms in total. The standard InChI is InChI=1S/C22H18FN3O2/c1-15(28-21-8-5-16(13-24)11-20(21)23)14-27-19-4-2-3-18(12-19)26-10-9-25-22(26)17-6-7-17/h2-5,8-12,14,17H,6-7H2,1H3/b15-14+. The molecule has 0 spiro atoms. The van der Waals surface area contributed by atoms with Gasteiger partial charge in [0.25, 0.3) is 0 Å². The van der Waals surface area contributed by atoms with Crippen molar-refractivity contribution in [3.63, 3.8) is 0 Å². The first-order valence-corrected chi connectivity index (χ1v) is 8.98. The average molecular weight is 375 g/mol. The van der Waals surface area contributed by atoms with Gasteiger partial charge in [0.1, 0.15) is 23.6 Å². The van der Waals surface area contributed by atoms with Crippen molar-refractivity contribution in [2.75, 3.05) is 0 Å². The molecule has 0 amide bonds. The molecule has 0 bridgehead atoms. The second-order valence-electron chi connectivity index (χ2n) is 6.63. The zero-order valence-electron chi connectivity index (χ0n) is 15.3. The molecule has 0 radical (unpaired) electrons. The first kappa shape index (κ1) is 17.8.